The maximum Gasteiger partial charge on any atom is 0.309 e. The highest BCUT2D eigenvalue weighted by Gasteiger charge is 2.19. The number of benzene rings is 4. The van der Waals surface area contributed by atoms with Crippen molar-refractivity contribution >= 4 is 44.1 Å². The van der Waals surface area contributed by atoms with Crippen molar-refractivity contribution in [1.29, 1.82) is 0 Å². The first-order chi connectivity index (χ1) is 16.6. The van der Waals surface area contributed by atoms with Crippen LogP contribution in [0.15, 0.2) is 71.6 Å². The lowest BCUT2D eigenvalue weighted by Gasteiger charge is -2.16. The number of rotatable bonds is 6. The highest BCUT2D eigenvalue weighted by atomic mass is 35.5. The molecular formula is C27H23ClFNO4S. The monoisotopic (exact) mass is 511 g/mol. The molecule has 0 aliphatic heterocycles. The Balaban J connectivity index is 1.78. The quantitative estimate of drug-likeness (QED) is 0.303. The van der Waals surface area contributed by atoms with Crippen molar-refractivity contribution in [2.45, 2.75) is 25.2 Å². The van der Waals surface area contributed by atoms with Crippen molar-refractivity contribution in [2.75, 3.05) is 11.8 Å². The summed E-state index contributed by atoms with van der Waals surface area (Å²) in [6, 6.07) is 17.6. The molecule has 1 N–H and O–H groups in total. The number of hydrogen-bond donors (Lipinski definition) is 1. The van der Waals surface area contributed by atoms with Crippen LogP contribution in [0, 0.1) is 19.7 Å². The lowest BCUT2D eigenvalue weighted by atomic mass is 9.89. The van der Waals surface area contributed by atoms with Crippen molar-refractivity contribution < 1.29 is 22.3 Å². The number of hydrogen-bond acceptors (Lipinski definition) is 4. The zero-order valence-electron chi connectivity index (χ0n) is 19.4. The molecule has 0 spiro atoms. The van der Waals surface area contributed by atoms with Gasteiger partial charge in [-0.05, 0) is 88.8 Å². The summed E-state index contributed by atoms with van der Waals surface area (Å²) in [6.45, 7) is 3.59. The van der Waals surface area contributed by atoms with Gasteiger partial charge < -0.3 is 4.74 Å². The van der Waals surface area contributed by atoms with E-state index in [1.165, 1.54) is 31.4 Å². The lowest BCUT2D eigenvalue weighted by Crippen LogP contribution is -2.13. The molecule has 4 aromatic rings. The van der Waals surface area contributed by atoms with Gasteiger partial charge in [0.2, 0.25) is 0 Å². The van der Waals surface area contributed by atoms with Gasteiger partial charge in [-0.25, -0.2) is 12.8 Å². The van der Waals surface area contributed by atoms with Gasteiger partial charge in [0, 0.05) is 5.02 Å². The van der Waals surface area contributed by atoms with Crippen LogP contribution in [0.25, 0.3) is 21.9 Å². The standard InChI is InChI=1S/C27H23ClFNO4S/c1-16-20(14-26(31)34-3)13-19-7-10-21(29)15-23(19)27(16)18-8-11-22(12-9-18)35(32,33)30-25-6-4-5-24(28)17(25)2/h4-13,15,30H,14H2,1-3H3. The molecule has 0 radical (unpaired) electrons. The smallest absolute Gasteiger partial charge is 0.309 e. The van der Waals surface area contributed by atoms with Gasteiger partial charge in [-0.1, -0.05) is 41.9 Å². The van der Waals surface area contributed by atoms with Gasteiger partial charge in [-0.15, -0.1) is 0 Å². The van der Waals surface area contributed by atoms with E-state index >= 15 is 0 Å². The molecule has 8 heteroatoms. The molecule has 0 aliphatic carbocycles. The Kier molecular flexibility index (Phi) is 6.83. The fourth-order valence-corrected chi connectivity index (χ4v) is 5.33. The summed E-state index contributed by atoms with van der Waals surface area (Å²) in [5.41, 5.74) is 3.99. The van der Waals surface area contributed by atoms with Gasteiger partial charge in [0.05, 0.1) is 24.1 Å². The van der Waals surface area contributed by atoms with Gasteiger partial charge in [0.1, 0.15) is 5.82 Å². The predicted molar refractivity (Wildman–Crippen MR) is 137 cm³/mol. The van der Waals surface area contributed by atoms with E-state index < -0.39 is 10.0 Å². The van der Waals surface area contributed by atoms with E-state index in [9.17, 15) is 17.6 Å². The van der Waals surface area contributed by atoms with Gasteiger partial charge >= 0.3 is 5.97 Å². The van der Waals surface area contributed by atoms with Gasteiger partial charge in [0.25, 0.3) is 10.0 Å². The first-order valence-corrected chi connectivity index (χ1v) is 12.6. The molecule has 0 aromatic heterocycles. The number of nitrogens with one attached hydrogen (secondary N) is 1. The zero-order valence-corrected chi connectivity index (χ0v) is 20.9. The maximum atomic E-state index is 14.1. The van der Waals surface area contributed by atoms with Crippen molar-refractivity contribution in [3.05, 3.63) is 94.3 Å². The van der Waals surface area contributed by atoms with Crippen LogP contribution in [-0.2, 0) is 26.0 Å². The Hall–Kier alpha value is -3.42. The molecule has 4 rings (SSSR count). The van der Waals surface area contributed by atoms with Gasteiger partial charge in [-0.2, -0.15) is 0 Å². The highest BCUT2D eigenvalue weighted by Crippen LogP contribution is 2.36. The molecule has 0 heterocycles. The molecule has 0 saturated heterocycles. The van der Waals surface area contributed by atoms with Crippen molar-refractivity contribution in [3.8, 4) is 11.1 Å². The number of esters is 1. The summed E-state index contributed by atoms with van der Waals surface area (Å²) in [6.07, 6.45) is 0.0675. The van der Waals surface area contributed by atoms with E-state index in [1.807, 2.05) is 13.0 Å². The molecule has 0 fully saturated rings. The summed E-state index contributed by atoms with van der Waals surface area (Å²) in [5.74, 6) is -0.775. The van der Waals surface area contributed by atoms with Crippen LogP contribution in [0.3, 0.4) is 0 Å². The Morgan fingerprint density at radius 2 is 1.71 bits per heavy atom. The fourth-order valence-electron chi connectivity index (χ4n) is 4.04. The first-order valence-electron chi connectivity index (χ1n) is 10.8. The van der Waals surface area contributed by atoms with Crippen molar-refractivity contribution in [1.82, 2.24) is 0 Å². The second kappa shape index (κ2) is 9.68. The number of ether oxygens (including phenoxy) is 1. The van der Waals surface area contributed by atoms with Crippen LogP contribution in [0.1, 0.15) is 16.7 Å². The summed E-state index contributed by atoms with van der Waals surface area (Å²) >= 11 is 6.11. The minimum atomic E-state index is -3.87. The van der Waals surface area contributed by atoms with Crippen LogP contribution in [0.2, 0.25) is 5.02 Å². The predicted octanol–water partition coefficient (Wildman–Crippen LogP) is 6.43. The third-order valence-corrected chi connectivity index (χ3v) is 7.79. The van der Waals surface area contributed by atoms with E-state index in [4.69, 9.17) is 16.3 Å². The second-order valence-corrected chi connectivity index (χ2v) is 10.3. The number of carbonyl (C=O) groups excluding carboxylic acids is 1. The Morgan fingerprint density at radius 1 is 1.00 bits per heavy atom. The molecule has 4 aromatic carbocycles. The molecular weight excluding hydrogens is 489 g/mol. The fraction of sp³-hybridized carbons (Fsp3) is 0.148. The van der Waals surface area contributed by atoms with Crippen molar-refractivity contribution in [2.24, 2.45) is 0 Å². The van der Waals surface area contributed by atoms with Crippen LogP contribution in [0.4, 0.5) is 10.1 Å². The third-order valence-electron chi connectivity index (χ3n) is 6.00. The molecule has 0 unspecified atom stereocenters. The summed E-state index contributed by atoms with van der Waals surface area (Å²) < 4.78 is 47.5. The topological polar surface area (TPSA) is 72.5 Å². The van der Waals surface area contributed by atoms with E-state index in [1.54, 1.807) is 43.3 Å². The molecule has 0 atom stereocenters. The number of halogens is 2. The molecule has 35 heavy (non-hydrogen) atoms. The largest absolute Gasteiger partial charge is 0.469 e. The SMILES string of the molecule is COC(=O)Cc1cc2ccc(F)cc2c(-c2ccc(S(=O)(=O)Nc3cccc(Cl)c3C)cc2)c1C. The van der Waals surface area contributed by atoms with Gasteiger partial charge in [0.15, 0.2) is 0 Å². The molecule has 0 bridgehead atoms. The number of methoxy groups -OCH3 is 1. The Labute approximate surface area is 208 Å². The molecule has 0 saturated carbocycles. The van der Waals surface area contributed by atoms with E-state index in [2.05, 4.69) is 4.72 Å². The van der Waals surface area contributed by atoms with Crippen molar-refractivity contribution in [3.63, 3.8) is 0 Å². The average Bonchev–Trinajstić information content (AvgIpc) is 2.83. The number of carbonyl (C=O) groups is 1. The zero-order chi connectivity index (χ0) is 25.3. The number of sulfonamides is 1. The van der Waals surface area contributed by atoms with Crippen LogP contribution >= 0.6 is 11.6 Å². The second-order valence-electron chi connectivity index (χ2n) is 8.20. The van der Waals surface area contributed by atoms with Crippen LogP contribution in [0.5, 0.6) is 0 Å². The van der Waals surface area contributed by atoms with E-state index in [0.717, 1.165) is 22.1 Å². The third kappa shape index (κ3) is 5.01. The maximum absolute atomic E-state index is 14.1. The first kappa shape index (κ1) is 24.7. The molecule has 0 amide bonds. The summed E-state index contributed by atoms with van der Waals surface area (Å²) in [7, 11) is -2.54. The summed E-state index contributed by atoms with van der Waals surface area (Å²) in [5, 5.41) is 1.89. The number of anilines is 1. The normalized spacial score (nSPS) is 11.5. The molecule has 180 valence electrons. The average molecular weight is 512 g/mol. The molecule has 5 nitrogen and oxygen atoms in total. The highest BCUT2D eigenvalue weighted by molar-refractivity contribution is 7.92. The van der Waals surface area contributed by atoms with E-state index in [-0.39, 0.29) is 23.1 Å². The lowest BCUT2D eigenvalue weighted by molar-refractivity contribution is -0.139. The Bertz CT molecular complexity index is 1550. The van der Waals surface area contributed by atoms with E-state index in [0.29, 0.717) is 27.2 Å². The summed E-state index contributed by atoms with van der Waals surface area (Å²) in [4.78, 5) is 12.0. The minimum absolute atomic E-state index is 0.0675. The molecule has 0 aliphatic rings. The minimum Gasteiger partial charge on any atom is -0.469 e. The van der Waals surface area contributed by atoms with Crippen LogP contribution < -0.4 is 4.72 Å². The van der Waals surface area contributed by atoms with Gasteiger partial charge in [-0.3, -0.25) is 9.52 Å². The van der Waals surface area contributed by atoms with Crippen LogP contribution in [-0.4, -0.2) is 21.5 Å². The number of fused-ring (bicyclic) bond motifs is 1. The Morgan fingerprint density at radius 3 is 2.40 bits per heavy atom.